The number of hydrogen-bond acceptors (Lipinski definition) is 6. The van der Waals surface area contributed by atoms with E-state index in [0.29, 0.717) is 33.6 Å². The fourth-order valence-corrected chi connectivity index (χ4v) is 2.69. The van der Waals surface area contributed by atoms with Gasteiger partial charge in [0.2, 0.25) is 11.7 Å². The molecule has 1 atom stereocenters. The molecule has 0 saturated heterocycles. The van der Waals surface area contributed by atoms with Crippen molar-refractivity contribution in [3.05, 3.63) is 47.0 Å². The zero-order valence-electron chi connectivity index (χ0n) is 15.8. The zero-order chi connectivity index (χ0) is 20.5. The molecule has 2 aromatic carbocycles. The number of amides is 1. The van der Waals surface area contributed by atoms with Crippen LogP contribution >= 0.6 is 11.6 Å². The summed E-state index contributed by atoms with van der Waals surface area (Å²) < 4.78 is 21.3. The lowest BCUT2D eigenvalue weighted by molar-refractivity contribution is -0.122. The smallest absolute Gasteiger partial charge is 0.224 e. The molecule has 0 bridgehead atoms. The first-order valence-electron chi connectivity index (χ1n) is 8.39. The van der Waals surface area contributed by atoms with Crippen molar-refractivity contribution in [1.82, 2.24) is 5.32 Å². The van der Waals surface area contributed by atoms with E-state index in [4.69, 9.17) is 30.5 Å². The van der Waals surface area contributed by atoms with Gasteiger partial charge in [0.05, 0.1) is 40.4 Å². The van der Waals surface area contributed by atoms with Crippen LogP contribution in [0.3, 0.4) is 0 Å². The van der Waals surface area contributed by atoms with Crippen LogP contribution in [0.4, 0.5) is 0 Å². The van der Waals surface area contributed by atoms with Crippen molar-refractivity contribution in [2.45, 2.75) is 12.5 Å². The first-order valence-corrected chi connectivity index (χ1v) is 8.77. The molecule has 148 valence electrons. The quantitative estimate of drug-likeness (QED) is 0.687. The molecule has 1 amide bonds. The normalized spacial score (nSPS) is 11.1. The standard InChI is InChI=1S/C20H21ClN2O5/c1-25-17-9-13(10-18(26-2)20(17)27-3)16(12-22)23-19(24)7-8-28-15-6-4-5-14(21)11-15/h4-6,9-11,16H,7-8H2,1-3H3,(H,23,24). The lowest BCUT2D eigenvalue weighted by Crippen LogP contribution is -2.28. The van der Waals surface area contributed by atoms with Gasteiger partial charge in [0.15, 0.2) is 11.5 Å². The number of rotatable bonds is 9. The van der Waals surface area contributed by atoms with E-state index >= 15 is 0 Å². The summed E-state index contributed by atoms with van der Waals surface area (Å²) in [6, 6.07) is 11.3. The average molecular weight is 405 g/mol. The van der Waals surface area contributed by atoms with E-state index in [2.05, 4.69) is 11.4 Å². The van der Waals surface area contributed by atoms with Crippen LogP contribution in [0.15, 0.2) is 36.4 Å². The second-order valence-electron chi connectivity index (χ2n) is 5.64. The molecule has 0 aliphatic rings. The highest BCUT2D eigenvalue weighted by Crippen LogP contribution is 2.39. The largest absolute Gasteiger partial charge is 0.493 e. The average Bonchev–Trinajstić information content (AvgIpc) is 2.70. The Morgan fingerprint density at radius 2 is 1.82 bits per heavy atom. The van der Waals surface area contributed by atoms with Gasteiger partial charge in [0.1, 0.15) is 11.8 Å². The maximum atomic E-state index is 12.2. The van der Waals surface area contributed by atoms with Crippen LogP contribution in [0.25, 0.3) is 0 Å². The predicted octanol–water partition coefficient (Wildman–Crippen LogP) is 3.52. The first kappa shape index (κ1) is 21.2. The van der Waals surface area contributed by atoms with Crippen LogP contribution in [0.1, 0.15) is 18.0 Å². The fourth-order valence-electron chi connectivity index (χ4n) is 2.51. The number of ether oxygens (including phenoxy) is 4. The van der Waals surface area contributed by atoms with Gasteiger partial charge in [-0.1, -0.05) is 17.7 Å². The van der Waals surface area contributed by atoms with Crippen LogP contribution in [-0.4, -0.2) is 33.8 Å². The molecule has 0 heterocycles. The monoisotopic (exact) mass is 404 g/mol. The highest BCUT2D eigenvalue weighted by molar-refractivity contribution is 6.30. The van der Waals surface area contributed by atoms with E-state index in [-0.39, 0.29) is 18.9 Å². The number of carbonyl (C=O) groups is 1. The molecule has 0 aliphatic heterocycles. The summed E-state index contributed by atoms with van der Waals surface area (Å²) in [6.07, 6.45) is 0.0785. The molecule has 0 aliphatic carbocycles. The number of hydrogen-bond donors (Lipinski definition) is 1. The Balaban J connectivity index is 2.03. The third-order valence-corrected chi connectivity index (χ3v) is 4.08. The van der Waals surface area contributed by atoms with Crippen molar-refractivity contribution < 1.29 is 23.7 Å². The molecule has 8 heteroatoms. The zero-order valence-corrected chi connectivity index (χ0v) is 16.6. The first-order chi connectivity index (χ1) is 13.5. The van der Waals surface area contributed by atoms with Crippen molar-refractivity contribution in [1.29, 1.82) is 5.26 Å². The summed E-state index contributed by atoms with van der Waals surface area (Å²) in [6.45, 7) is 0.152. The number of nitrogens with one attached hydrogen (secondary N) is 1. The topological polar surface area (TPSA) is 89.8 Å². The number of methoxy groups -OCH3 is 3. The van der Waals surface area contributed by atoms with Crippen molar-refractivity contribution in [2.24, 2.45) is 0 Å². The molecule has 1 unspecified atom stereocenters. The van der Waals surface area contributed by atoms with Gasteiger partial charge in [-0.25, -0.2) is 0 Å². The van der Waals surface area contributed by atoms with E-state index < -0.39 is 6.04 Å². The Hall–Kier alpha value is -3.11. The van der Waals surface area contributed by atoms with Gasteiger partial charge in [-0.3, -0.25) is 4.79 Å². The lowest BCUT2D eigenvalue weighted by atomic mass is 10.1. The molecule has 0 saturated carbocycles. The molecule has 28 heavy (non-hydrogen) atoms. The molecule has 2 rings (SSSR count). The van der Waals surface area contributed by atoms with Gasteiger partial charge in [-0.05, 0) is 35.9 Å². The second-order valence-corrected chi connectivity index (χ2v) is 6.08. The summed E-state index contributed by atoms with van der Waals surface area (Å²) in [5, 5.41) is 12.7. The number of nitrogens with zero attached hydrogens (tertiary/aromatic N) is 1. The Bertz CT molecular complexity index is 841. The van der Waals surface area contributed by atoms with Gasteiger partial charge >= 0.3 is 0 Å². The minimum absolute atomic E-state index is 0.0785. The van der Waals surface area contributed by atoms with Gasteiger partial charge in [0.25, 0.3) is 0 Å². The van der Waals surface area contributed by atoms with Crippen molar-refractivity contribution >= 4 is 17.5 Å². The number of nitriles is 1. The number of halogens is 1. The summed E-state index contributed by atoms with van der Waals surface area (Å²) in [4.78, 5) is 12.2. The molecule has 0 aromatic heterocycles. The summed E-state index contributed by atoms with van der Waals surface area (Å²) in [7, 11) is 4.45. The van der Waals surface area contributed by atoms with Crippen LogP contribution < -0.4 is 24.3 Å². The third kappa shape index (κ3) is 5.44. The highest BCUT2D eigenvalue weighted by Gasteiger charge is 2.20. The van der Waals surface area contributed by atoms with Crippen molar-refractivity contribution in [2.75, 3.05) is 27.9 Å². The molecule has 7 nitrogen and oxygen atoms in total. The van der Waals surface area contributed by atoms with E-state index in [1.807, 2.05) is 0 Å². The molecule has 1 N–H and O–H groups in total. The number of carbonyl (C=O) groups excluding carboxylic acids is 1. The van der Waals surface area contributed by atoms with E-state index in [0.717, 1.165) is 0 Å². The maximum Gasteiger partial charge on any atom is 0.224 e. The van der Waals surface area contributed by atoms with Gasteiger partial charge in [0, 0.05) is 5.02 Å². The Kier molecular flexibility index (Phi) is 7.78. The van der Waals surface area contributed by atoms with Crippen molar-refractivity contribution in [3.63, 3.8) is 0 Å². The Morgan fingerprint density at radius 3 is 2.36 bits per heavy atom. The minimum atomic E-state index is -0.882. The van der Waals surface area contributed by atoms with Crippen LogP contribution in [0.2, 0.25) is 5.02 Å². The Morgan fingerprint density at radius 1 is 1.14 bits per heavy atom. The summed E-state index contributed by atoms with van der Waals surface area (Å²) in [5.74, 6) is 1.45. The molecule has 2 aromatic rings. The van der Waals surface area contributed by atoms with Gasteiger partial charge in [-0.15, -0.1) is 0 Å². The van der Waals surface area contributed by atoms with E-state index in [1.54, 1.807) is 36.4 Å². The van der Waals surface area contributed by atoms with E-state index in [9.17, 15) is 10.1 Å². The van der Waals surface area contributed by atoms with E-state index in [1.165, 1.54) is 21.3 Å². The summed E-state index contributed by atoms with van der Waals surface area (Å²) >= 11 is 5.89. The van der Waals surface area contributed by atoms with Crippen LogP contribution in [-0.2, 0) is 4.79 Å². The fraction of sp³-hybridized carbons (Fsp3) is 0.300. The molecule has 0 spiro atoms. The Labute approximate surface area is 168 Å². The van der Waals surface area contributed by atoms with Gasteiger partial charge in [-0.2, -0.15) is 5.26 Å². The third-order valence-electron chi connectivity index (χ3n) is 3.85. The van der Waals surface area contributed by atoms with Gasteiger partial charge < -0.3 is 24.3 Å². The highest BCUT2D eigenvalue weighted by atomic mass is 35.5. The summed E-state index contributed by atoms with van der Waals surface area (Å²) in [5.41, 5.74) is 0.515. The molecule has 0 fully saturated rings. The van der Waals surface area contributed by atoms with Crippen LogP contribution in [0, 0.1) is 11.3 Å². The maximum absolute atomic E-state index is 12.2. The van der Waals surface area contributed by atoms with Crippen LogP contribution in [0.5, 0.6) is 23.0 Å². The van der Waals surface area contributed by atoms with Crippen molar-refractivity contribution in [3.8, 4) is 29.1 Å². The lowest BCUT2D eigenvalue weighted by Gasteiger charge is -2.17. The molecular weight excluding hydrogens is 384 g/mol. The molecular formula is C20H21ClN2O5. The second kappa shape index (κ2) is 10.3. The molecule has 0 radical (unpaired) electrons. The minimum Gasteiger partial charge on any atom is -0.493 e. The SMILES string of the molecule is COc1cc(C(C#N)NC(=O)CCOc2cccc(Cl)c2)cc(OC)c1OC. The predicted molar refractivity (Wildman–Crippen MR) is 104 cm³/mol. The number of benzene rings is 2.